The molecule has 0 saturated carbocycles. The van der Waals surface area contributed by atoms with Gasteiger partial charge >= 0.3 is 0 Å². The largest absolute Gasteiger partial charge is 0.478 e. The minimum atomic E-state index is -0.471. The van der Waals surface area contributed by atoms with Gasteiger partial charge in [-0.05, 0) is 19.9 Å². The van der Waals surface area contributed by atoms with Crippen LogP contribution in [0.1, 0.15) is 19.8 Å². The Hall–Kier alpha value is -1.63. The summed E-state index contributed by atoms with van der Waals surface area (Å²) in [5, 5.41) is 0. The fraction of sp³-hybridized carbons (Fsp3) is 0.800. The van der Waals surface area contributed by atoms with E-state index in [1.807, 2.05) is 4.90 Å². The summed E-state index contributed by atoms with van der Waals surface area (Å²) in [6, 6.07) is -0.784. The van der Waals surface area contributed by atoms with Crippen LogP contribution in [0.2, 0.25) is 0 Å². The predicted octanol–water partition coefficient (Wildman–Crippen LogP) is -0.431. The van der Waals surface area contributed by atoms with Gasteiger partial charge in [0, 0.05) is 39.6 Å². The lowest BCUT2D eigenvalue weighted by Crippen LogP contribution is -2.54. The summed E-state index contributed by atoms with van der Waals surface area (Å²) < 4.78 is 5.27. The van der Waals surface area contributed by atoms with Crippen LogP contribution in [0.15, 0.2) is 4.99 Å². The zero-order valence-electron chi connectivity index (χ0n) is 13.3. The first-order valence-electron chi connectivity index (χ1n) is 8.01. The molecule has 0 aromatic rings. The van der Waals surface area contributed by atoms with Crippen LogP contribution in [-0.2, 0) is 14.3 Å². The number of nitrogens with zero attached hydrogens (tertiary/aromatic N) is 4. The van der Waals surface area contributed by atoms with E-state index < -0.39 is 6.04 Å². The molecule has 0 aromatic carbocycles. The van der Waals surface area contributed by atoms with Gasteiger partial charge in [0.2, 0.25) is 5.91 Å². The zero-order chi connectivity index (χ0) is 15.7. The molecule has 2 amide bonds. The van der Waals surface area contributed by atoms with Crippen molar-refractivity contribution in [2.75, 3.05) is 46.4 Å². The van der Waals surface area contributed by atoms with E-state index in [1.165, 1.54) is 0 Å². The van der Waals surface area contributed by atoms with Crippen LogP contribution in [0.3, 0.4) is 0 Å². The number of hydrogen-bond donors (Lipinski definition) is 0. The monoisotopic (exact) mass is 308 g/mol. The van der Waals surface area contributed by atoms with E-state index in [9.17, 15) is 9.59 Å². The molecule has 3 heterocycles. The molecular weight excluding hydrogens is 284 g/mol. The summed E-state index contributed by atoms with van der Waals surface area (Å²) in [7, 11) is 2.06. The molecule has 22 heavy (non-hydrogen) atoms. The van der Waals surface area contributed by atoms with Gasteiger partial charge in [-0.1, -0.05) is 0 Å². The molecule has 0 bridgehead atoms. The van der Waals surface area contributed by atoms with Crippen molar-refractivity contribution in [3.05, 3.63) is 0 Å². The van der Waals surface area contributed by atoms with Crippen molar-refractivity contribution in [3.63, 3.8) is 0 Å². The molecule has 122 valence electrons. The summed E-state index contributed by atoms with van der Waals surface area (Å²) in [5.41, 5.74) is 0. The third-order valence-corrected chi connectivity index (χ3v) is 4.71. The molecule has 0 radical (unpaired) electrons. The van der Waals surface area contributed by atoms with Crippen molar-refractivity contribution in [1.82, 2.24) is 14.7 Å². The summed E-state index contributed by atoms with van der Waals surface area (Å²) >= 11 is 0. The Morgan fingerprint density at radius 3 is 2.50 bits per heavy atom. The van der Waals surface area contributed by atoms with E-state index in [2.05, 4.69) is 16.9 Å². The minimum absolute atomic E-state index is 0.0678. The first-order chi connectivity index (χ1) is 10.6. The van der Waals surface area contributed by atoms with Gasteiger partial charge in [-0.15, -0.1) is 0 Å². The van der Waals surface area contributed by atoms with Gasteiger partial charge in [0.1, 0.15) is 12.6 Å². The third kappa shape index (κ3) is 2.95. The Labute approximate surface area is 130 Å². The molecular formula is C15H24N4O3. The van der Waals surface area contributed by atoms with Crippen molar-refractivity contribution in [2.45, 2.75) is 31.8 Å². The number of rotatable bonds is 2. The smallest absolute Gasteiger partial charge is 0.251 e. The van der Waals surface area contributed by atoms with Gasteiger partial charge in [0.25, 0.3) is 5.91 Å². The maximum Gasteiger partial charge on any atom is 0.251 e. The molecule has 0 spiro atoms. The van der Waals surface area contributed by atoms with Crippen LogP contribution in [0.4, 0.5) is 0 Å². The Morgan fingerprint density at radius 2 is 1.86 bits per heavy atom. The molecule has 3 rings (SSSR count). The number of likely N-dealkylation sites (N-methyl/N-ethyl adjacent to an activating group) is 1. The van der Waals surface area contributed by atoms with E-state index in [0.717, 1.165) is 39.0 Å². The SMILES string of the molecule is CC1=NC(C(=O)N2CCC[C@H]2C(=O)N2CCN(C)CC2)CO1. The van der Waals surface area contributed by atoms with Crippen LogP contribution in [-0.4, -0.2) is 90.9 Å². The van der Waals surface area contributed by atoms with E-state index in [4.69, 9.17) is 4.74 Å². The lowest BCUT2D eigenvalue weighted by atomic mass is 10.1. The Balaban J connectivity index is 1.65. The van der Waals surface area contributed by atoms with Crippen LogP contribution < -0.4 is 0 Å². The normalized spacial score (nSPS) is 29.5. The van der Waals surface area contributed by atoms with Gasteiger partial charge in [0.15, 0.2) is 11.9 Å². The zero-order valence-corrected chi connectivity index (χ0v) is 13.3. The quantitative estimate of drug-likeness (QED) is 0.694. The van der Waals surface area contributed by atoms with Gasteiger partial charge in [-0.2, -0.15) is 0 Å². The molecule has 0 N–H and O–H groups in total. The second-order valence-corrected chi connectivity index (χ2v) is 6.29. The molecule has 3 aliphatic heterocycles. The highest BCUT2D eigenvalue weighted by molar-refractivity contribution is 5.92. The number of hydrogen-bond acceptors (Lipinski definition) is 5. The summed E-state index contributed by atoms with van der Waals surface area (Å²) in [6.45, 7) is 5.99. The molecule has 7 heteroatoms. The van der Waals surface area contributed by atoms with Crippen LogP contribution in [0.5, 0.6) is 0 Å². The fourth-order valence-electron chi connectivity index (χ4n) is 3.34. The first-order valence-corrected chi connectivity index (χ1v) is 8.01. The summed E-state index contributed by atoms with van der Waals surface area (Å²) in [5.74, 6) is 0.583. The molecule has 0 aliphatic carbocycles. The van der Waals surface area contributed by atoms with Crippen molar-refractivity contribution >= 4 is 17.7 Å². The number of carbonyl (C=O) groups excluding carboxylic acids is 2. The number of amides is 2. The van der Waals surface area contributed by atoms with E-state index in [0.29, 0.717) is 19.0 Å². The van der Waals surface area contributed by atoms with Gasteiger partial charge in [-0.3, -0.25) is 9.59 Å². The van der Waals surface area contributed by atoms with Crippen LogP contribution in [0.25, 0.3) is 0 Å². The predicted molar refractivity (Wildman–Crippen MR) is 81.7 cm³/mol. The molecule has 2 atom stereocenters. The van der Waals surface area contributed by atoms with Crippen LogP contribution >= 0.6 is 0 Å². The van der Waals surface area contributed by atoms with E-state index >= 15 is 0 Å². The lowest BCUT2D eigenvalue weighted by Gasteiger charge is -2.36. The molecule has 3 aliphatic rings. The highest BCUT2D eigenvalue weighted by Gasteiger charge is 2.40. The molecule has 1 unspecified atom stereocenters. The Kier molecular flexibility index (Phi) is 4.33. The van der Waals surface area contributed by atoms with Crippen molar-refractivity contribution in [1.29, 1.82) is 0 Å². The maximum atomic E-state index is 12.7. The summed E-state index contributed by atoms with van der Waals surface area (Å²) in [4.78, 5) is 35.4. The van der Waals surface area contributed by atoms with Crippen molar-refractivity contribution < 1.29 is 14.3 Å². The maximum absolute atomic E-state index is 12.7. The van der Waals surface area contributed by atoms with Crippen molar-refractivity contribution in [2.24, 2.45) is 4.99 Å². The Morgan fingerprint density at radius 1 is 1.14 bits per heavy atom. The van der Waals surface area contributed by atoms with Gasteiger partial charge in [-0.25, -0.2) is 4.99 Å². The van der Waals surface area contributed by atoms with E-state index in [-0.39, 0.29) is 17.9 Å². The molecule has 7 nitrogen and oxygen atoms in total. The number of aliphatic imine (C=N–C) groups is 1. The minimum Gasteiger partial charge on any atom is -0.478 e. The lowest BCUT2D eigenvalue weighted by molar-refractivity contribution is -0.145. The number of ether oxygens (including phenoxy) is 1. The average Bonchev–Trinajstić information content (AvgIpc) is 3.15. The third-order valence-electron chi connectivity index (χ3n) is 4.71. The van der Waals surface area contributed by atoms with E-state index in [1.54, 1.807) is 11.8 Å². The first kappa shape index (κ1) is 15.3. The number of carbonyl (C=O) groups is 2. The molecule has 2 saturated heterocycles. The topological polar surface area (TPSA) is 65.5 Å². The number of likely N-dealkylation sites (tertiary alicyclic amines) is 1. The second-order valence-electron chi connectivity index (χ2n) is 6.29. The van der Waals surface area contributed by atoms with Crippen molar-refractivity contribution in [3.8, 4) is 0 Å². The highest BCUT2D eigenvalue weighted by Crippen LogP contribution is 2.22. The van der Waals surface area contributed by atoms with Crippen LogP contribution in [0, 0.1) is 0 Å². The summed E-state index contributed by atoms with van der Waals surface area (Å²) in [6.07, 6.45) is 1.64. The molecule has 2 fully saturated rings. The fourth-order valence-corrected chi connectivity index (χ4v) is 3.34. The number of piperazine rings is 1. The second kappa shape index (κ2) is 6.24. The standard InChI is InChI=1S/C15H24N4O3/c1-11-16-12(10-22-11)14(20)19-5-3-4-13(19)15(21)18-8-6-17(2)7-9-18/h12-13H,3-10H2,1-2H3/t12?,13-/m0/s1. The highest BCUT2D eigenvalue weighted by atomic mass is 16.5. The average molecular weight is 308 g/mol. The van der Waals surface area contributed by atoms with Gasteiger partial charge in [0.05, 0.1) is 0 Å². The Bertz CT molecular complexity index is 485. The molecule has 0 aromatic heterocycles. The van der Waals surface area contributed by atoms with Gasteiger partial charge < -0.3 is 19.4 Å².